The minimum absolute atomic E-state index is 0.190. The number of hydrogen-bond acceptors (Lipinski definition) is 4. The second-order valence-corrected chi connectivity index (χ2v) is 8.16. The van der Waals surface area contributed by atoms with E-state index in [2.05, 4.69) is 32.6 Å². The summed E-state index contributed by atoms with van der Waals surface area (Å²) in [6.45, 7) is 6.21. The molecule has 0 aliphatic rings. The van der Waals surface area contributed by atoms with E-state index in [0.717, 1.165) is 11.3 Å². The van der Waals surface area contributed by atoms with E-state index in [9.17, 15) is 15.0 Å². The van der Waals surface area contributed by atoms with Crippen molar-refractivity contribution in [3.05, 3.63) is 57.6 Å². The molecule has 6 heteroatoms. The number of halogens is 1. The number of aliphatic hydroxyl groups is 1. The second-order valence-electron chi connectivity index (χ2n) is 7.75. The van der Waals surface area contributed by atoms with Gasteiger partial charge in [-0.25, -0.2) is 4.79 Å². The summed E-state index contributed by atoms with van der Waals surface area (Å²) < 4.78 is 0. The van der Waals surface area contributed by atoms with Crippen molar-refractivity contribution in [1.29, 1.82) is 0 Å². The maximum absolute atomic E-state index is 11.0. The molecule has 0 aliphatic heterocycles. The number of carbonyl (C=O) groups is 1. The van der Waals surface area contributed by atoms with Crippen LogP contribution in [0.3, 0.4) is 0 Å². The first-order valence-corrected chi connectivity index (χ1v) is 9.06. The zero-order chi connectivity index (χ0) is 21.2. The number of aromatic hydroxyl groups is 1. The number of aromatic carboxylic acids is 1. The van der Waals surface area contributed by atoms with Crippen LogP contribution in [0, 0.1) is 11.8 Å². The van der Waals surface area contributed by atoms with Crippen LogP contribution in [-0.2, 0) is 5.41 Å². The Morgan fingerprint density at radius 3 is 2.32 bits per heavy atom. The van der Waals surface area contributed by atoms with Gasteiger partial charge in [-0.3, -0.25) is 0 Å². The molecule has 2 aromatic rings. The van der Waals surface area contributed by atoms with Gasteiger partial charge in [0, 0.05) is 19.7 Å². The van der Waals surface area contributed by atoms with Crippen molar-refractivity contribution in [2.75, 3.05) is 19.0 Å². The standard InChI is InChI=1S/C22H24ClNO4/c1-22(2,3)16-11-14(12-17(23)20(16)24(4)5)18(25)9-7-13-6-8-15(21(27)28)19(26)10-13/h6,8,10-12,18,25-26H,1-5H3,(H,27,28). The Hall–Kier alpha value is -2.68. The maximum atomic E-state index is 11.0. The number of phenols is 1. The van der Waals surface area contributed by atoms with Gasteiger partial charge in [-0.05, 0) is 46.9 Å². The highest BCUT2D eigenvalue weighted by atomic mass is 35.5. The Morgan fingerprint density at radius 2 is 1.82 bits per heavy atom. The van der Waals surface area contributed by atoms with Crippen molar-refractivity contribution in [3.8, 4) is 17.6 Å². The SMILES string of the molecule is CN(C)c1c(Cl)cc(C(O)C#Cc2ccc(C(=O)O)c(O)c2)cc1C(C)(C)C. The van der Waals surface area contributed by atoms with E-state index < -0.39 is 12.1 Å². The first-order valence-electron chi connectivity index (χ1n) is 8.69. The number of anilines is 1. The summed E-state index contributed by atoms with van der Waals surface area (Å²) in [5.74, 6) is 3.89. The molecule has 1 atom stereocenters. The van der Waals surface area contributed by atoms with Crippen LogP contribution in [0.4, 0.5) is 5.69 Å². The Balaban J connectivity index is 2.42. The molecule has 0 bridgehead atoms. The predicted molar refractivity (Wildman–Crippen MR) is 111 cm³/mol. The van der Waals surface area contributed by atoms with Crippen LogP contribution in [0.5, 0.6) is 5.75 Å². The van der Waals surface area contributed by atoms with Crippen LogP contribution < -0.4 is 4.90 Å². The number of rotatable bonds is 3. The fraction of sp³-hybridized carbons (Fsp3) is 0.318. The molecule has 0 spiro atoms. The second kappa shape index (κ2) is 8.14. The van der Waals surface area contributed by atoms with Gasteiger partial charge in [-0.15, -0.1) is 0 Å². The molecule has 5 nitrogen and oxygen atoms in total. The minimum Gasteiger partial charge on any atom is -0.507 e. The molecule has 3 N–H and O–H groups in total. The average Bonchev–Trinajstić information content (AvgIpc) is 2.57. The molecule has 0 aliphatic carbocycles. The number of carboxylic acids is 1. The van der Waals surface area contributed by atoms with Gasteiger partial charge >= 0.3 is 5.97 Å². The lowest BCUT2D eigenvalue weighted by Gasteiger charge is -2.28. The Morgan fingerprint density at radius 1 is 1.18 bits per heavy atom. The fourth-order valence-corrected chi connectivity index (χ4v) is 3.23. The first-order chi connectivity index (χ1) is 12.9. The Labute approximate surface area is 170 Å². The predicted octanol–water partition coefficient (Wildman–Crippen LogP) is 4.19. The largest absolute Gasteiger partial charge is 0.507 e. The zero-order valence-electron chi connectivity index (χ0n) is 16.5. The summed E-state index contributed by atoms with van der Waals surface area (Å²) in [5.41, 5.74) is 2.46. The van der Waals surface area contributed by atoms with E-state index in [4.69, 9.17) is 16.7 Å². The van der Waals surface area contributed by atoms with Gasteiger partial charge < -0.3 is 20.2 Å². The smallest absolute Gasteiger partial charge is 0.339 e. The third-order valence-corrected chi connectivity index (χ3v) is 4.53. The Kier molecular flexibility index (Phi) is 6.28. The van der Waals surface area contributed by atoms with Gasteiger partial charge in [0.2, 0.25) is 0 Å². The molecule has 28 heavy (non-hydrogen) atoms. The highest BCUT2D eigenvalue weighted by molar-refractivity contribution is 6.33. The third-order valence-electron chi connectivity index (χ3n) is 4.24. The van der Waals surface area contributed by atoms with Crippen LogP contribution in [0.1, 0.15) is 53.9 Å². The fourth-order valence-electron chi connectivity index (χ4n) is 2.83. The third kappa shape index (κ3) is 4.78. The number of hydrogen-bond donors (Lipinski definition) is 3. The van der Waals surface area contributed by atoms with Crippen LogP contribution in [0.25, 0.3) is 0 Å². The molecule has 2 rings (SSSR count). The van der Waals surface area contributed by atoms with Gasteiger partial charge in [0.25, 0.3) is 0 Å². The van der Waals surface area contributed by atoms with Gasteiger partial charge in [0.1, 0.15) is 17.4 Å². The summed E-state index contributed by atoms with van der Waals surface area (Å²) in [5, 5.41) is 29.8. The lowest BCUT2D eigenvalue weighted by atomic mass is 9.84. The van der Waals surface area contributed by atoms with Gasteiger partial charge in [-0.1, -0.05) is 44.2 Å². The lowest BCUT2D eigenvalue weighted by Crippen LogP contribution is -2.20. The zero-order valence-corrected chi connectivity index (χ0v) is 17.3. The van der Waals surface area contributed by atoms with E-state index in [-0.39, 0.29) is 16.7 Å². The van der Waals surface area contributed by atoms with E-state index in [1.54, 1.807) is 6.07 Å². The van der Waals surface area contributed by atoms with Crippen molar-refractivity contribution in [2.24, 2.45) is 0 Å². The quantitative estimate of drug-likeness (QED) is 0.672. The van der Waals surface area contributed by atoms with Crippen molar-refractivity contribution in [1.82, 2.24) is 0 Å². The topological polar surface area (TPSA) is 81.0 Å². The number of nitrogens with zero attached hydrogens (tertiary/aromatic N) is 1. The highest BCUT2D eigenvalue weighted by Gasteiger charge is 2.23. The van der Waals surface area contributed by atoms with Gasteiger partial charge in [-0.2, -0.15) is 0 Å². The van der Waals surface area contributed by atoms with Crippen molar-refractivity contribution in [2.45, 2.75) is 32.3 Å². The molecule has 0 radical (unpaired) electrons. The van der Waals surface area contributed by atoms with E-state index >= 15 is 0 Å². The van der Waals surface area contributed by atoms with Crippen LogP contribution in [0.2, 0.25) is 5.02 Å². The summed E-state index contributed by atoms with van der Waals surface area (Å²) in [4.78, 5) is 12.9. The lowest BCUT2D eigenvalue weighted by molar-refractivity contribution is 0.0693. The van der Waals surface area contributed by atoms with Crippen molar-refractivity contribution >= 4 is 23.3 Å². The molecule has 0 fully saturated rings. The van der Waals surface area contributed by atoms with Crippen LogP contribution >= 0.6 is 11.6 Å². The van der Waals surface area contributed by atoms with Crippen LogP contribution in [0.15, 0.2) is 30.3 Å². The molecule has 0 amide bonds. The summed E-state index contributed by atoms with van der Waals surface area (Å²) in [7, 11) is 3.83. The summed E-state index contributed by atoms with van der Waals surface area (Å²) in [6, 6.07) is 7.59. The molecule has 0 saturated heterocycles. The maximum Gasteiger partial charge on any atom is 0.339 e. The molecule has 0 saturated carbocycles. The monoisotopic (exact) mass is 401 g/mol. The van der Waals surface area contributed by atoms with Crippen molar-refractivity contribution in [3.63, 3.8) is 0 Å². The summed E-state index contributed by atoms with van der Waals surface area (Å²) in [6.07, 6.45) is -1.09. The molecule has 0 aromatic heterocycles. The van der Waals surface area contributed by atoms with E-state index in [0.29, 0.717) is 16.1 Å². The highest BCUT2D eigenvalue weighted by Crippen LogP contribution is 2.38. The molecule has 0 heterocycles. The van der Waals surface area contributed by atoms with Crippen LogP contribution in [-0.4, -0.2) is 35.4 Å². The van der Waals surface area contributed by atoms with E-state index in [1.807, 2.05) is 25.1 Å². The first kappa shape index (κ1) is 21.6. The van der Waals surface area contributed by atoms with E-state index in [1.165, 1.54) is 18.2 Å². The number of carboxylic acid groups (broad SMARTS) is 1. The molecule has 1 unspecified atom stereocenters. The van der Waals surface area contributed by atoms with Gasteiger partial charge in [0.15, 0.2) is 0 Å². The molecule has 2 aromatic carbocycles. The Bertz CT molecular complexity index is 965. The number of benzene rings is 2. The van der Waals surface area contributed by atoms with Crippen molar-refractivity contribution < 1.29 is 20.1 Å². The average molecular weight is 402 g/mol. The minimum atomic E-state index is -1.22. The molecule has 148 valence electrons. The number of aliphatic hydroxyl groups excluding tert-OH is 1. The molecular weight excluding hydrogens is 378 g/mol. The van der Waals surface area contributed by atoms with Gasteiger partial charge in [0.05, 0.1) is 10.7 Å². The molecular formula is C22H24ClNO4. The summed E-state index contributed by atoms with van der Waals surface area (Å²) >= 11 is 6.48. The normalized spacial score (nSPS) is 12.1.